The van der Waals surface area contributed by atoms with Gasteiger partial charge in [-0.05, 0) is 64.7 Å². The normalized spacial score (nSPS) is 12.9. The topological polar surface area (TPSA) is 12.0 Å². The van der Waals surface area contributed by atoms with Crippen LogP contribution in [0.2, 0.25) is 0 Å². The fourth-order valence-corrected chi connectivity index (χ4v) is 2.28. The molecule has 0 saturated carbocycles. The summed E-state index contributed by atoms with van der Waals surface area (Å²) in [4.78, 5) is 0. The van der Waals surface area contributed by atoms with Gasteiger partial charge in [0.25, 0.3) is 0 Å². The lowest BCUT2D eigenvalue weighted by Gasteiger charge is -2.21. The third kappa shape index (κ3) is 5.20. The summed E-state index contributed by atoms with van der Waals surface area (Å²) in [5.41, 5.74) is 7.12. The van der Waals surface area contributed by atoms with E-state index >= 15 is 0 Å². The molecule has 0 aliphatic rings. The van der Waals surface area contributed by atoms with Crippen LogP contribution in [0.1, 0.15) is 56.4 Å². The molecule has 0 atom stereocenters. The highest BCUT2D eigenvalue weighted by Crippen LogP contribution is 2.20. The minimum atomic E-state index is 0.172. The van der Waals surface area contributed by atoms with Gasteiger partial charge in [-0.2, -0.15) is 0 Å². The van der Waals surface area contributed by atoms with E-state index in [9.17, 15) is 0 Å². The third-order valence-corrected chi connectivity index (χ3v) is 3.39. The van der Waals surface area contributed by atoms with Crippen LogP contribution in [0.15, 0.2) is 17.7 Å². The number of nitrogens with one attached hydrogen (secondary N) is 1. The van der Waals surface area contributed by atoms with Gasteiger partial charge in [-0.25, -0.2) is 0 Å². The predicted molar refractivity (Wildman–Crippen MR) is 86.7 cm³/mol. The lowest BCUT2D eigenvalue weighted by molar-refractivity contribution is 0.443. The van der Waals surface area contributed by atoms with E-state index in [2.05, 4.69) is 72.0 Å². The Balaban J connectivity index is 2.98. The molecule has 0 aromatic heterocycles. The molecule has 0 unspecified atom stereocenters. The smallest absolute Gasteiger partial charge is 0.0172 e. The fraction of sp³-hybridized carbons (Fsp3) is 0.556. The molecule has 0 aliphatic heterocycles. The second-order valence-corrected chi connectivity index (χ2v) is 6.57. The minimum Gasteiger partial charge on any atom is -0.308 e. The number of aryl methyl sites for hydroxylation is 3. The van der Waals surface area contributed by atoms with Gasteiger partial charge in [0.2, 0.25) is 0 Å². The summed E-state index contributed by atoms with van der Waals surface area (Å²) in [5.74, 6) is 0. The highest BCUT2D eigenvalue weighted by Gasteiger charge is 2.09. The molecule has 0 amide bonds. The molecule has 1 rings (SSSR count). The summed E-state index contributed by atoms with van der Waals surface area (Å²) in [7, 11) is 0. The number of hydrogen-bond donors (Lipinski definition) is 1. The fourth-order valence-electron chi connectivity index (χ4n) is 2.28. The van der Waals surface area contributed by atoms with E-state index in [4.69, 9.17) is 0 Å². The summed E-state index contributed by atoms with van der Waals surface area (Å²) in [5, 5.41) is 3.58. The van der Waals surface area contributed by atoms with Crippen molar-refractivity contribution in [3.8, 4) is 0 Å². The van der Waals surface area contributed by atoms with Crippen LogP contribution < -0.4 is 5.32 Å². The van der Waals surface area contributed by atoms with Crippen LogP contribution in [-0.4, -0.2) is 12.1 Å². The van der Waals surface area contributed by atoms with Crippen molar-refractivity contribution in [1.29, 1.82) is 0 Å². The Labute approximate surface area is 119 Å². The van der Waals surface area contributed by atoms with Gasteiger partial charge >= 0.3 is 0 Å². The van der Waals surface area contributed by atoms with Crippen molar-refractivity contribution in [2.75, 3.05) is 6.54 Å². The van der Waals surface area contributed by atoms with Crippen LogP contribution in [-0.2, 0) is 0 Å². The van der Waals surface area contributed by atoms with Gasteiger partial charge in [0.1, 0.15) is 0 Å². The van der Waals surface area contributed by atoms with Gasteiger partial charge in [-0.3, -0.25) is 0 Å². The maximum absolute atomic E-state index is 3.58. The lowest BCUT2D eigenvalue weighted by atomic mass is 9.97. The van der Waals surface area contributed by atoms with Crippen molar-refractivity contribution >= 4 is 6.08 Å². The molecule has 0 bridgehead atoms. The molecule has 0 fully saturated rings. The van der Waals surface area contributed by atoms with Crippen molar-refractivity contribution < 1.29 is 0 Å². The van der Waals surface area contributed by atoms with E-state index in [0.717, 1.165) is 13.0 Å². The van der Waals surface area contributed by atoms with Crippen LogP contribution in [0.3, 0.4) is 0 Å². The van der Waals surface area contributed by atoms with E-state index in [1.54, 1.807) is 0 Å². The minimum absolute atomic E-state index is 0.172. The zero-order chi connectivity index (χ0) is 14.6. The SMILES string of the molecule is CCC(=Cc1c(C)cc(C)cc1C)CNC(C)(C)C. The molecule has 1 nitrogen and oxygen atoms in total. The molecule has 1 aromatic carbocycles. The maximum Gasteiger partial charge on any atom is 0.0172 e. The number of rotatable bonds is 4. The summed E-state index contributed by atoms with van der Waals surface area (Å²) in [6.45, 7) is 16.4. The molecular formula is C18H29N. The quantitative estimate of drug-likeness (QED) is 0.819. The highest BCUT2D eigenvalue weighted by molar-refractivity contribution is 5.61. The largest absolute Gasteiger partial charge is 0.308 e. The van der Waals surface area contributed by atoms with Crippen LogP contribution in [0.4, 0.5) is 0 Å². The van der Waals surface area contributed by atoms with Crippen molar-refractivity contribution in [2.45, 2.75) is 60.4 Å². The van der Waals surface area contributed by atoms with Gasteiger partial charge in [0.05, 0.1) is 0 Å². The first-order chi connectivity index (χ1) is 8.73. The third-order valence-electron chi connectivity index (χ3n) is 3.39. The Morgan fingerprint density at radius 3 is 2.05 bits per heavy atom. The summed E-state index contributed by atoms with van der Waals surface area (Å²) >= 11 is 0. The van der Waals surface area contributed by atoms with Crippen LogP contribution in [0.25, 0.3) is 6.08 Å². The molecule has 0 radical (unpaired) electrons. The number of benzene rings is 1. The van der Waals surface area contributed by atoms with Gasteiger partial charge < -0.3 is 5.32 Å². The summed E-state index contributed by atoms with van der Waals surface area (Å²) < 4.78 is 0. The second-order valence-electron chi connectivity index (χ2n) is 6.57. The van der Waals surface area contributed by atoms with Crippen molar-refractivity contribution in [1.82, 2.24) is 5.32 Å². The Bertz CT molecular complexity index is 438. The summed E-state index contributed by atoms with van der Waals surface area (Å²) in [6, 6.07) is 4.53. The Morgan fingerprint density at radius 2 is 1.63 bits per heavy atom. The first-order valence-corrected chi connectivity index (χ1v) is 7.25. The molecule has 1 aromatic rings. The molecule has 1 N–H and O–H groups in total. The van der Waals surface area contributed by atoms with E-state index in [1.807, 2.05) is 0 Å². The highest BCUT2D eigenvalue weighted by atomic mass is 14.9. The van der Waals surface area contributed by atoms with E-state index < -0.39 is 0 Å². The zero-order valence-electron chi connectivity index (χ0n) is 13.6. The van der Waals surface area contributed by atoms with Crippen molar-refractivity contribution in [2.24, 2.45) is 0 Å². The number of hydrogen-bond acceptors (Lipinski definition) is 1. The van der Waals surface area contributed by atoms with Gasteiger partial charge in [0, 0.05) is 12.1 Å². The molecular weight excluding hydrogens is 230 g/mol. The Kier molecular flexibility index (Phi) is 5.37. The molecule has 19 heavy (non-hydrogen) atoms. The Morgan fingerprint density at radius 1 is 1.11 bits per heavy atom. The molecule has 0 saturated heterocycles. The average molecular weight is 259 g/mol. The molecule has 0 aliphatic carbocycles. The van der Waals surface area contributed by atoms with Crippen LogP contribution >= 0.6 is 0 Å². The van der Waals surface area contributed by atoms with E-state index in [1.165, 1.54) is 27.8 Å². The second kappa shape index (κ2) is 6.38. The monoisotopic (exact) mass is 259 g/mol. The van der Waals surface area contributed by atoms with Crippen molar-refractivity contribution in [3.05, 3.63) is 40.0 Å². The zero-order valence-corrected chi connectivity index (χ0v) is 13.6. The van der Waals surface area contributed by atoms with Crippen LogP contribution in [0.5, 0.6) is 0 Å². The standard InChI is InChI=1S/C18H29N/c1-8-16(12-19-18(5,6)7)11-17-14(3)9-13(2)10-15(17)4/h9-11,19H,8,12H2,1-7H3. The Hall–Kier alpha value is -1.08. The van der Waals surface area contributed by atoms with E-state index in [0.29, 0.717) is 0 Å². The van der Waals surface area contributed by atoms with Crippen LogP contribution in [0, 0.1) is 20.8 Å². The lowest BCUT2D eigenvalue weighted by Crippen LogP contribution is -2.37. The molecule has 1 heteroatoms. The van der Waals surface area contributed by atoms with E-state index in [-0.39, 0.29) is 5.54 Å². The van der Waals surface area contributed by atoms with Gasteiger partial charge in [0.15, 0.2) is 0 Å². The first-order valence-electron chi connectivity index (χ1n) is 7.25. The predicted octanol–water partition coefficient (Wildman–Crippen LogP) is 4.79. The first kappa shape index (κ1) is 16.0. The van der Waals surface area contributed by atoms with Crippen molar-refractivity contribution in [3.63, 3.8) is 0 Å². The summed E-state index contributed by atoms with van der Waals surface area (Å²) in [6.07, 6.45) is 3.46. The molecule has 0 spiro atoms. The average Bonchev–Trinajstić information content (AvgIpc) is 2.25. The molecule has 106 valence electrons. The maximum atomic E-state index is 3.58. The van der Waals surface area contributed by atoms with Gasteiger partial charge in [-0.1, -0.05) is 36.3 Å². The van der Waals surface area contributed by atoms with Gasteiger partial charge in [-0.15, -0.1) is 0 Å². The molecule has 0 heterocycles.